The number of nitrogens with zero attached hydrogens (tertiary/aromatic N) is 2. The lowest BCUT2D eigenvalue weighted by atomic mass is 10.2. The van der Waals surface area contributed by atoms with E-state index >= 15 is 0 Å². The Balaban J connectivity index is 1.84. The van der Waals surface area contributed by atoms with Crippen molar-refractivity contribution in [3.05, 3.63) is 38.8 Å². The Kier molecular flexibility index (Phi) is 6.66. The van der Waals surface area contributed by atoms with Crippen LogP contribution in [-0.4, -0.2) is 28.3 Å². The normalized spacial score (nSPS) is 10.8. The highest BCUT2D eigenvalue weighted by Crippen LogP contribution is 2.32. The van der Waals surface area contributed by atoms with E-state index in [1.54, 1.807) is 0 Å². The van der Waals surface area contributed by atoms with Crippen LogP contribution in [0.25, 0.3) is 0 Å². The molecule has 0 saturated heterocycles. The van der Waals surface area contributed by atoms with Crippen LogP contribution in [0.3, 0.4) is 0 Å². The third kappa shape index (κ3) is 5.09. The van der Waals surface area contributed by atoms with Crippen molar-refractivity contribution in [2.45, 2.75) is 26.3 Å². The zero-order valence-electron chi connectivity index (χ0n) is 11.8. The largest absolute Gasteiger partial charge is 0.492 e. The Morgan fingerprint density at radius 3 is 2.90 bits per heavy atom. The molecule has 1 aromatic carbocycles. The van der Waals surface area contributed by atoms with Gasteiger partial charge in [0.2, 0.25) is 0 Å². The van der Waals surface area contributed by atoms with Crippen molar-refractivity contribution in [2.24, 2.45) is 0 Å². The molecular formula is C14H18Br2N4O. The van der Waals surface area contributed by atoms with Gasteiger partial charge in [0.1, 0.15) is 17.9 Å². The first kappa shape index (κ1) is 16.5. The molecule has 0 unspecified atom stereocenters. The van der Waals surface area contributed by atoms with Gasteiger partial charge >= 0.3 is 0 Å². The van der Waals surface area contributed by atoms with Crippen molar-refractivity contribution in [1.82, 2.24) is 20.5 Å². The molecule has 7 heteroatoms. The predicted molar refractivity (Wildman–Crippen MR) is 89.4 cm³/mol. The maximum atomic E-state index is 5.71. The van der Waals surface area contributed by atoms with Crippen LogP contribution < -0.4 is 10.1 Å². The van der Waals surface area contributed by atoms with Gasteiger partial charge in [0, 0.05) is 23.0 Å². The van der Waals surface area contributed by atoms with Crippen molar-refractivity contribution in [1.29, 1.82) is 0 Å². The topological polar surface area (TPSA) is 62.8 Å². The second-order valence-corrected chi connectivity index (χ2v) is 6.29. The third-order valence-electron chi connectivity index (χ3n) is 2.92. The SMILES string of the molecule is CCOc1c(Br)cc(Br)cc1CNCCCc1ncn[nH]1. The molecule has 21 heavy (non-hydrogen) atoms. The summed E-state index contributed by atoms with van der Waals surface area (Å²) < 4.78 is 7.72. The lowest BCUT2D eigenvalue weighted by molar-refractivity contribution is 0.333. The fraction of sp³-hybridized carbons (Fsp3) is 0.429. The molecule has 2 aromatic rings. The van der Waals surface area contributed by atoms with Crippen LogP contribution in [-0.2, 0) is 13.0 Å². The van der Waals surface area contributed by atoms with Crippen molar-refractivity contribution in [3.63, 3.8) is 0 Å². The molecule has 0 aliphatic carbocycles. The highest BCUT2D eigenvalue weighted by atomic mass is 79.9. The van der Waals surface area contributed by atoms with Gasteiger partial charge < -0.3 is 10.1 Å². The van der Waals surface area contributed by atoms with E-state index in [1.807, 2.05) is 13.0 Å². The molecule has 2 rings (SSSR count). The summed E-state index contributed by atoms with van der Waals surface area (Å²) in [4.78, 5) is 4.11. The summed E-state index contributed by atoms with van der Waals surface area (Å²) in [6.45, 7) is 4.32. The second-order valence-electron chi connectivity index (χ2n) is 4.52. The Bertz CT molecular complexity index is 560. The Labute approximate surface area is 141 Å². The van der Waals surface area contributed by atoms with Crippen molar-refractivity contribution in [3.8, 4) is 5.75 Å². The first-order chi connectivity index (χ1) is 10.2. The van der Waals surface area contributed by atoms with Crippen molar-refractivity contribution < 1.29 is 4.74 Å². The molecule has 2 N–H and O–H groups in total. The standard InChI is InChI=1S/C14H18Br2N4O/c1-2-21-14-10(6-11(15)7-12(14)16)8-17-5-3-4-13-18-9-19-20-13/h6-7,9,17H,2-5,8H2,1H3,(H,18,19,20). The first-order valence-corrected chi connectivity index (χ1v) is 8.45. The van der Waals surface area contributed by atoms with Gasteiger partial charge in [-0.15, -0.1) is 0 Å². The number of nitrogens with one attached hydrogen (secondary N) is 2. The van der Waals surface area contributed by atoms with E-state index in [2.05, 4.69) is 58.4 Å². The molecule has 1 aromatic heterocycles. The fourth-order valence-corrected chi connectivity index (χ4v) is 3.43. The molecule has 0 fully saturated rings. The summed E-state index contributed by atoms with van der Waals surface area (Å²) in [5, 5.41) is 10.1. The highest BCUT2D eigenvalue weighted by molar-refractivity contribution is 9.11. The zero-order chi connectivity index (χ0) is 15.1. The summed E-state index contributed by atoms with van der Waals surface area (Å²) in [6, 6.07) is 4.08. The molecule has 0 aliphatic rings. The van der Waals surface area contributed by atoms with E-state index in [-0.39, 0.29) is 0 Å². The smallest absolute Gasteiger partial charge is 0.138 e. The Hall–Kier alpha value is -0.920. The van der Waals surface area contributed by atoms with Gasteiger partial charge in [0.25, 0.3) is 0 Å². The lowest BCUT2D eigenvalue weighted by Crippen LogP contribution is -2.16. The van der Waals surface area contributed by atoms with E-state index in [0.717, 1.165) is 52.0 Å². The second kappa shape index (κ2) is 8.51. The van der Waals surface area contributed by atoms with Gasteiger partial charge in [0.05, 0.1) is 11.1 Å². The van der Waals surface area contributed by atoms with Crippen molar-refractivity contribution >= 4 is 31.9 Å². The fourth-order valence-electron chi connectivity index (χ4n) is 2.01. The van der Waals surface area contributed by atoms with Gasteiger partial charge in [-0.3, -0.25) is 5.10 Å². The average molecular weight is 418 g/mol. The van der Waals surface area contributed by atoms with E-state index in [0.29, 0.717) is 6.61 Å². The highest BCUT2D eigenvalue weighted by Gasteiger charge is 2.09. The van der Waals surface area contributed by atoms with Crippen LogP contribution in [0, 0.1) is 0 Å². The molecular weight excluding hydrogens is 400 g/mol. The average Bonchev–Trinajstić information content (AvgIpc) is 2.95. The van der Waals surface area contributed by atoms with Crippen LogP contribution in [0.5, 0.6) is 5.75 Å². The minimum atomic E-state index is 0.652. The number of benzene rings is 1. The molecule has 0 radical (unpaired) electrons. The molecule has 1 heterocycles. The molecule has 5 nitrogen and oxygen atoms in total. The molecule has 0 amide bonds. The van der Waals surface area contributed by atoms with E-state index in [9.17, 15) is 0 Å². The summed E-state index contributed by atoms with van der Waals surface area (Å²) in [5.74, 6) is 1.83. The van der Waals surface area contributed by atoms with Crippen LogP contribution in [0.2, 0.25) is 0 Å². The number of aromatic amines is 1. The number of H-pyrrole nitrogens is 1. The maximum Gasteiger partial charge on any atom is 0.138 e. The Morgan fingerprint density at radius 2 is 2.19 bits per heavy atom. The van der Waals surface area contributed by atoms with Crippen LogP contribution >= 0.6 is 31.9 Å². The zero-order valence-corrected chi connectivity index (χ0v) is 15.0. The number of aromatic nitrogens is 3. The Morgan fingerprint density at radius 1 is 1.33 bits per heavy atom. The number of rotatable bonds is 8. The number of hydrogen-bond acceptors (Lipinski definition) is 4. The minimum absolute atomic E-state index is 0.652. The van der Waals surface area contributed by atoms with Gasteiger partial charge in [-0.05, 0) is 48.0 Å². The summed E-state index contributed by atoms with van der Waals surface area (Å²) in [6.07, 6.45) is 3.44. The molecule has 0 spiro atoms. The maximum absolute atomic E-state index is 5.71. The van der Waals surface area contributed by atoms with Crippen LogP contribution in [0.15, 0.2) is 27.4 Å². The van der Waals surface area contributed by atoms with E-state index in [4.69, 9.17) is 4.74 Å². The van der Waals surface area contributed by atoms with Gasteiger partial charge in [-0.2, -0.15) is 5.10 Å². The van der Waals surface area contributed by atoms with Gasteiger partial charge in [-0.1, -0.05) is 15.9 Å². The summed E-state index contributed by atoms with van der Waals surface area (Å²) >= 11 is 7.06. The van der Waals surface area contributed by atoms with Crippen molar-refractivity contribution in [2.75, 3.05) is 13.2 Å². The third-order valence-corrected chi connectivity index (χ3v) is 3.97. The summed E-state index contributed by atoms with van der Waals surface area (Å²) in [5.41, 5.74) is 1.14. The van der Waals surface area contributed by atoms with Crippen LogP contribution in [0.4, 0.5) is 0 Å². The lowest BCUT2D eigenvalue weighted by Gasteiger charge is -2.13. The molecule has 0 atom stereocenters. The number of hydrogen-bond donors (Lipinski definition) is 2. The van der Waals surface area contributed by atoms with E-state index in [1.165, 1.54) is 6.33 Å². The van der Waals surface area contributed by atoms with E-state index < -0.39 is 0 Å². The number of halogens is 2. The molecule has 0 bridgehead atoms. The quantitative estimate of drug-likeness (QED) is 0.645. The van der Waals surface area contributed by atoms with Gasteiger partial charge in [0.15, 0.2) is 0 Å². The first-order valence-electron chi connectivity index (χ1n) is 6.86. The number of ether oxygens (including phenoxy) is 1. The van der Waals surface area contributed by atoms with Gasteiger partial charge in [-0.25, -0.2) is 4.98 Å². The predicted octanol–water partition coefficient (Wildman–Crippen LogP) is 3.45. The molecule has 0 saturated carbocycles. The minimum Gasteiger partial charge on any atom is -0.492 e. The number of aryl methyl sites for hydroxylation is 1. The summed E-state index contributed by atoms with van der Waals surface area (Å²) in [7, 11) is 0. The van der Waals surface area contributed by atoms with Crippen LogP contribution in [0.1, 0.15) is 24.7 Å². The molecule has 0 aliphatic heterocycles. The monoisotopic (exact) mass is 416 g/mol. The molecule has 114 valence electrons.